The molecule has 1 amide bonds. The summed E-state index contributed by atoms with van der Waals surface area (Å²) in [7, 11) is 1.74. The van der Waals surface area contributed by atoms with Crippen LogP contribution in [0.25, 0.3) is 0 Å². The second kappa shape index (κ2) is 7.94. The van der Waals surface area contributed by atoms with Crippen molar-refractivity contribution >= 4 is 5.91 Å². The van der Waals surface area contributed by atoms with Crippen LogP contribution < -0.4 is 5.73 Å². The molecule has 0 aliphatic heterocycles. The SMILES string of the molecule is C=C/C=C(N)\C(O)=C(/C)CC(=O)N(C)Cc1ccccc1. The zero-order valence-corrected chi connectivity index (χ0v) is 12.5. The summed E-state index contributed by atoms with van der Waals surface area (Å²) >= 11 is 0. The maximum atomic E-state index is 12.1. The van der Waals surface area contributed by atoms with Gasteiger partial charge in [-0.3, -0.25) is 4.79 Å². The third-order valence-electron chi connectivity index (χ3n) is 3.08. The molecule has 0 spiro atoms. The first-order chi connectivity index (χ1) is 9.95. The first kappa shape index (κ1) is 16.6. The van der Waals surface area contributed by atoms with Gasteiger partial charge in [0, 0.05) is 13.6 Å². The normalized spacial score (nSPS) is 12.6. The van der Waals surface area contributed by atoms with Crippen molar-refractivity contribution in [2.24, 2.45) is 5.73 Å². The molecule has 0 bridgehead atoms. The summed E-state index contributed by atoms with van der Waals surface area (Å²) in [5.41, 5.74) is 7.47. The van der Waals surface area contributed by atoms with Crippen LogP contribution in [0.2, 0.25) is 0 Å². The van der Waals surface area contributed by atoms with Gasteiger partial charge in [0.15, 0.2) is 0 Å². The molecule has 0 saturated carbocycles. The molecule has 0 aliphatic rings. The van der Waals surface area contributed by atoms with E-state index in [0.717, 1.165) is 5.56 Å². The minimum Gasteiger partial charge on any atom is -0.506 e. The van der Waals surface area contributed by atoms with E-state index in [9.17, 15) is 9.90 Å². The lowest BCUT2D eigenvalue weighted by atomic mass is 10.1. The zero-order valence-electron chi connectivity index (χ0n) is 12.5. The van der Waals surface area contributed by atoms with Gasteiger partial charge in [-0.05, 0) is 24.1 Å². The molecule has 4 nitrogen and oxygen atoms in total. The smallest absolute Gasteiger partial charge is 0.226 e. The standard InChI is InChI=1S/C17H22N2O2/c1-4-8-15(18)17(21)13(2)11-16(20)19(3)12-14-9-6-5-7-10-14/h4-10,21H,1,11-12,18H2,2-3H3/b15-8+,17-13-. The van der Waals surface area contributed by atoms with E-state index in [1.54, 1.807) is 18.9 Å². The number of aliphatic hydroxyl groups is 1. The Bertz CT molecular complexity index is 559. The number of hydrogen-bond donors (Lipinski definition) is 2. The van der Waals surface area contributed by atoms with Gasteiger partial charge in [-0.15, -0.1) is 0 Å². The fraction of sp³-hybridized carbons (Fsp3) is 0.235. The molecule has 0 saturated heterocycles. The summed E-state index contributed by atoms with van der Waals surface area (Å²) in [4.78, 5) is 13.8. The summed E-state index contributed by atoms with van der Waals surface area (Å²) in [6, 6.07) is 9.74. The van der Waals surface area contributed by atoms with Crippen LogP contribution in [0.3, 0.4) is 0 Å². The third-order valence-corrected chi connectivity index (χ3v) is 3.08. The number of carbonyl (C=O) groups is 1. The maximum absolute atomic E-state index is 12.1. The van der Waals surface area contributed by atoms with Crippen LogP contribution in [0.1, 0.15) is 18.9 Å². The van der Waals surface area contributed by atoms with Crippen LogP contribution in [-0.2, 0) is 11.3 Å². The highest BCUT2D eigenvalue weighted by Gasteiger charge is 2.13. The largest absolute Gasteiger partial charge is 0.506 e. The molecule has 112 valence electrons. The molecule has 0 unspecified atom stereocenters. The number of nitrogens with two attached hydrogens (primary N) is 1. The molecule has 4 heteroatoms. The van der Waals surface area contributed by atoms with E-state index >= 15 is 0 Å². The molecule has 21 heavy (non-hydrogen) atoms. The van der Waals surface area contributed by atoms with Gasteiger partial charge in [0.25, 0.3) is 0 Å². The van der Waals surface area contributed by atoms with E-state index in [2.05, 4.69) is 6.58 Å². The summed E-state index contributed by atoms with van der Waals surface area (Å²) < 4.78 is 0. The average Bonchev–Trinajstić information content (AvgIpc) is 2.47. The van der Waals surface area contributed by atoms with E-state index in [1.807, 2.05) is 30.3 Å². The van der Waals surface area contributed by atoms with E-state index in [1.165, 1.54) is 12.2 Å². The summed E-state index contributed by atoms with van der Waals surface area (Å²) in [6.45, 7) is 5.73. The van der Waals surface area contributed by atoms with Crippen LogP contribution in [0.4, 0.5) is 0 Å². The van der Waals surface area contributed by atoms with Crippen molar-refractivity contribution in [1.82, 2.24) is 4.90 Å². The lowest BCUT2D eigenvalue weighted by Gasteiger charge is -2.18. The molecular weight excluding hydrogens is 264 g/mol. The zero-order chi connectivity index (χ0) is 15.8. The van der Waals surface area contributed by atoms with Gasteiger partial charge in [-0.2, -0.15) is 0 Å². The van der Waals surface area contributed by atoms with Crippen LogP contribution >= 0.6 is 0 Å². The van der Waals surface area contributed by atoms with Crippen molar-refractivity contribution in [1.29, 1.82) is 0 Å². The minimum absolute atomic E-state index is 0.0589. The second-order valence-corrected chi connectivity index (χ2v) is 4.90. The molecule has 1 rings (SSSR count). The Hall–Kier alpha value is -2.49. The minimum atomic E-state index is -0.0747. The second-order valence-electron chi connectivity index (χ2n) is 4.90. The molecule has 0 fully saturated rings. The van der Waals surface area contributed by atoms with Gasteiger partial charge in [-0.1, -0.05) is 43.0 Å². The van der Waals surface area contributed by atoms with Crippen molar-refractivity contribution in [3.63, 3.8) is 0 Å². The van der Waals surface area contributed by atoms with Crippen LogP contribution in [0.15, 0.2) is 66.1 Å². The number of benzene rings is 1. The van der Waals surface area contributed by atoms with E-state index < -0.39 is 0 Å². The Balaban J connectivity index is 2.70. The van der Waals surface area contributed by atoms with Crippen molar-refractivity contribution in [3.8, 4) is 0 Å². The molecule has 0 atom stereocenters. The molecule has 1 aromatic rings. The number of allylic oxidation sites excluding steroid dienone is 2. The monoisotopic (exact) mass is 286 g/mol. The summed E-state index contributed by atoms with van der Waals surface area (Å²) in [6.07, 6.45) is 3.11. The lowest BCUT2D eigenvalue weighted by Crippen LogP contribution is -2.26. The molecule has 0 heterocycles. The van der Waals surface area contributed by atoms with Gasteiger partial charge in [0.05, 0.1) is 12.1 Å². The molecule has 3 N–H and O–H groups in total. The average molecular weight is 286 g/mol. The van der Waals surface area contributed by atoms with Gasteiger partial charge < -0.3 is 15.7 Å². The molecule has 0 aliphatic carbocycles. The van der Waals surface area contributed by atoms with E-state index in [4.69, 9.17) is 5.73 Å². The number of carbonyl (C=O) groups excluding carboxylic acids is 1. The Labute approximate surface area is 125 Å². The van der Waals surface area contributed by atoms with Crippen LogP contribution in [0.5, 0.6) is 0 Å². The Morgan fingerprint density at radius 1 is 1.38 bits per heavy atom. The first-order valence-electron chi connectivity index (χ1n) is 6.71. The Kier molecular flexibility index (Phi) is 6.27. The highest BCUT2D eigenvalue weighted by Crippen LogP contribution is 2.13. The predicted octanol–water partition coefficient (Wildman–Crippen LogP) is 2.90. The number of nitrogens with zero attached hydrogens (tertiary/aromatic N) is 1. The predicted molar refractivity (Wildman–Crippen MR) is 85.3 cm³/mol. The number of rotatable bonds is 6. The summed E-state index contributed by atoms with van der Waals surface area (Å²) in [5.74, 6) is -0.134. The quantitative estimate of drug-likeness (QED) is 0.624. The molecular formula is C17H22N2O2. The van der Waals surface area contributed by atoms with Gasteiger partial charge >= 0.3 is 0 Å². The fourth-order valence-electron chi connectivity index (χ4n) is 1.84. The van der Waals surface area contributed by atoms with Crippen molar-refractivity contribution in [2.75, 3.05) is 7.05 Å². The Morgan fingerprint density at radius 2 is 2.00 bits per heavy atom. The highest BCUT2D eigenvalue weighted by molar-refractivity contribution is 5.78. The Morgan fingerprint density at radius 3 is 2.57 bits per heavy atom. The van der Waals surface area contributed by atoms with Gasteiger partial charge in [0.2, 0.25) is 5.91 Å². The number of amides is 1. The van der Waals surface area contributed by atoms with Crippen LogP contribution in [0, 0.1) is 0 Å². The lowest BCUT2D eigenvalue weighted by molar-refractivity contribution is -0.129. The number of aliphatic hydroxyl groups excluding tert-OH is 1. The fourth-order valence-corrected chi connectivity index (χ4v) is 1.84. The molecule has 0 radical (unpaired) electrons. The van der Waals surface area contributed by atoms with Crippen LogP contribution in [-0.4, -0.2) is 23.0 Å². The highest BCUT2D eigenvalue weighted by atomic mass is 16.3. The number of hydrogen-bond acceptors (Lipinski definition) is 3. The molecule has 1 aromatic carbocycles. The van der Waals surface area contributed by atoms with Crippen molar-refractivity contribution < 1.29 is 9.90 Å². The third kappa shape index (κ3) is 5.18. The van der Waals surface area contributed by atoms with Crippen molar-refractivity contribution in [3.05, 3.63) is 71.7 Å². The van der Waals surface area contributed by atoms with Gasteiger partial charge in [-0.25, -0.2) is 0 Å². The van der Waals surface area contributed by atoms with E-state index in [0.29, 0.717) is 12.1 Å². The van der Waals surface area contributed by atoms with Crippen molar-refractivity contribution in [2.45, 2.75) is 19.9 Å². The topological polar surface area (TPSA) is 66.6 Å². The first-order valence-corrected chi connectivity index (χ1v) is 6.71. The van der Waals surface area contributed by atoms with Gasteiger partial charge in [0.1, 0.15) is 5.76 Å². The maximum Gasteiger partial charge on any atom is 0.226 e. The summed E-state index contributed by atoms with van der Waals surface area (Å²) in [5, 5.41) is 9.91. The molecule has 0 aromatic heterocycles. The van der Waals surface area contributed by atoms with E-state index in [-0.39, 0.29) is 23.8 Å².